The standard InChI is InChI=1S/C14H17N3O/c1-10-16-14(18-17-10)9-15-13-8-4-6-11-5-2-3-7-12(11)13/h2-3,5,7,13,15H,4,6,8-9H2,1H3. The molecule has 1 unspecified atom stereocenters. The Morgan fingerprint density at radius 1 is 1.39 bits per heavy atom. The molecule has 0 radical (unpaired) electrons. The van der Waals surface area contributed by atoms with E-state index in [0.29, 0.717) is 24.3 Å². The highest BCUT2D eigenvalue weighted by Crippen LogP contribution is 2.29. The van der Waals surface area contributed by atoms with Gasteiger partial charge in [-0.2, -0.15) is 4.98 Å². The molecule has 1 aromatic carbocycles. The summed E-state index contributed by atoms with van der Waals surface area (Å²) in [4.78, 5) is 4.21. The Hall–Kier alpha value is -1.68. The lowest BCUT2D eigenvalue weighted by molar-refractivity contribution is 0.347. The van der Waals surface area contributed by atoms with Crippen molar-refractivity contribution in [3.8, 4) is 0 Å². The summed E-state index contributed by atoms with van der Waals surface area (Å²) in [6.45, 7) is 2.47. The molecule has 0 amide bonds. The molecule has 1 atom stereocenters. The van der Waals surface area contributed by atoms with Crippen molar-refractivity contribution in [1.29, 1.82) is 0 Å². The minimum absolute atomic E-state index is 0.405. The highest BCUT2D eigenvalue weighted by Gasteiger charge is 2.19. The minimum Gasteiger partial charge on any atom is -0.338 e. The number of nitrogens with zero attached hydrogens (tertiary/aromatic N) is 2. The summed E-state index contributed by atoms with van der Waals surface area (Å²) in [5.74, 6) is 1.35. The van der Waals surface area contributed by atoms with E-state index >= 15 is 0 Å². The van der Waals surface area contributed by atoms with Crippen LogP contribution in [-0.2, 0) is 13.0 Å². The molecule has 0 bridgehead atoms. The predicted octanol–water partition coefficient (Wildman–Crippen LogP) is 2.55. The van der Waals surface area contributed by atoms with Crippen LogP contribution in [-0.4, -0.2) is 10.1 Å². The Balaban J connectivity index is 1.71. The lowest BCUT2D eigenvalue weighted by Crippen LogP contribution is -2.24. The molecule has 2 aromatic rings. The number of aryl methyl sites for hydroxylation is 2. The van der Waals surface area contributed by atoms with Gasteiger partial charge in [-0.05, 0) is 37.3 Å². The zero-order chi connectivity index (χ0) is 12.4. The molecule has 1 aromatic heterocycles. The minimum atomic E-state index is 0.405. The lowest BCUT2D eigenvalue weighted by Gasteiger charge is -2.25. The zero-order valence-corrected chi connectivity index (χ0v) is 10.5. The Bertz CT molecular complexity index is 535. The third kappa shape index (κ3) is 2.29. The SMILES string of the molecule is Cc1noc(CNC2CCCc3ccccc32)n1. The summed E-state index contributed by atoms with van der Waals surface area (Å²) in [5, 5.41) is 7.31. The van der Waals surface area contributed by atoms with Crippen LogP contribution in [0.4, 0.5) is 0 Å². The molecule has 0 spiro atoms. The van der Waals surface area contributed by atoms with Crippen molar-refractivity contribution in [1.82, 2.24) is 15.5 Å². The molecule has 1 N–H and O–H groups in total. The molecule has 0 saturated carbocycles. The summed E-state index contributed by atoms with van der Waals surface area (Å²) in [7, 11) is 0. The van der Waals surface area contributed by atoms with E-state index in [-0.39, 0.29) is 0 Å². The van der Waals surface area contributed by atoms with Crippen LogP contribution in [0.15, 0.2) is 28.8 Å². The van der Waals surface area contributed by atoms with Crippen LogP contribution >= 0.6 is 0 Å². The van der Waals surface area contributed by atoms with Crippen LogP contribution in [0.25, 0.3) is 0 Å². The van der Waals surface area contributed by atoms with E-state index in [9.17, 15) is 0 Å². The first kappa shape index (κ1) is 11.4. The Morgan fingerprint density at radius 2 is 2.28 bits per heavy atom. The molecule has 1 aliphatic rings. The van der Waals surface area contributed by atoms with Gasteiger partial charge in [-0.3, -0.25) is 0 Å². The number of benzene rings is 1. The third-order valence-electron chi connectivity index (χ3n) is 3.44. The molecule has 4 nitrogen and oxygen atoms in total. The van der Waals surface area contributed by atoms with Gasteiger partial charge in [0.25, 0.3) is 0 Å². The van der Waals surface area contributed by atoms with Crippen molar-refractivity contribution in [2.24, 2.45) is 0 Å². The average molecular weight is 243 g/mol. The molecule has 0 fully saturated rings. The first-order valence-electron chi connectivity index (χ1n) is 6.43. The summed E-state index contributed by atoms with van der Waals surface area (Å²) >= 11 is 0. The molecule has 1 aliphatic carbocycles. The number of rotatable bonds is 3. The highest BCUT2D eigenvalue weighted by atomic mass is 16.5. The van der Waals surface area contributed by atoms with Crippen molar-refractivity contribution in [3.63, 3.8) is 0 Å². The second-order valence-electron chi connectivity index (χ2n) is 4.76. The smallest absolute Gasteiger partial charge is 0.240 e. The molecule has 94 valence electrons. The number of hydrogen-bond donors (Lipinski definition) is 1. The van der Waals surface area contributed by atoms with E-state index in [1.165, 1.54) is 30.4 Å². The van der Waals surface area contributed by atoms with Gasteiger partial charge in [-0.1, -0.05) is 29.4 Å². The van der Waals surface area contributed by atoms with E-state index in [0.717, 1.165) is 0 Å². The van der Waals surface area contributed by atoms with Crippen LogP contribution in [0, 0.1) is 6.92 Å². The van der Waals surface area contributed by atoms with Gasteiger partial charge in [0, 0.05) is 6.04 Å². The highest BCUT2D eigenvalue weighted by molar-refractivity contribution is 5.32. The second kappa shape index (κ2) is 4.90. The molecular formula is C14H17N3O. The number of nitrogens with one attached hydrogen (secondary N) is 1. The summed E-state index contributed by atoms with van der Waals surface area (Å²) < 4.78 is 5.12. The third-order valence-corrected chi connectivity index (χ3v) is 3.44. The molecule has 0 saturated heterocycles. The maximum absolute atomic E-state index is 5.12. The predicted molar refractivity (Wildman–Crippen MR) is 68.0 cm³/mol. The number of aromatic nitrogens is 2. The average Bonchev–Trinajstić information content (AvgIpc) is 2.82. The number of fused-ring (bicyclic) bond motifs is 1. The Morgan fingerprint density at radius 3 is 3.11 bits per heavy atom. The van der Waals surface area contributed by atoms with E-state index in [4.69, 9.17) is 4.52 Å². The topological polar surface area (TPSA) is 51.0 Å². The van der Waals surface area contributed by atoms with Gasteiger partial charge in [0.2, 0.25) is 5.89 Å². The fourth-order valence-corrected chi connectivity index (χ4v) is 2.59. The maximum atomic E-state index is 5.12. The van der Waals surface area contributed by atoms with Crippen molar-refractivity contribution in [2.45, 2.75) is 38.8 Å². The van der Waals surface area contributed by atoms with Crippen LogP contribution in [0.3, 0.4) is 0 Å². The summed E-state index contributed by atoms with van der Waals surface area (Å²) in [6, 6.07) is 9.06. The van der Waals surface area contributed by atoms with Crippen molar-refractivity contribution < 1.29 is 4.52 Å². The van der Waals surface area contributed by atoms with Gasteiger partial charge in [0.15, 0.2) is 5.82 Å². The molecule has 0 aliphatic heterocycles. The van der Waals surface area contributed by atoms with E-state index in [1.54, 1.807) is 0 Å². The van der Waals surface area contributed by atoms with Crippen LogP contribution < -0.4 is 5.32 Å². The van der Waals surface area contributed by atoms with E-state index in [2.05, 4.69) is 39.7 Å². The molecule has 3 rings (SSSR count). The molecule has 18 heavy (non-hydrogen) atoms. The largest absolute Gasteiger partial charge is 0.338 e. The normalized spacial score (nSPS) is 18.6. The zero-order valence-electron chi connectivity index (χ0n) is 10.5. The first-order valence-corrected chi connectivity index (χ1v) is 6.43. The lowest BCUT2D eigenvalue weighted by atomic mass is 9.88. The summed E-state index contributed by atoms with van der Waals surface area (Å²) in [6.07, 6.45) is 3.59. The summed E-state index contributed by atoms with van der Waals surface area (Å²) in [5.41, 5.74) is 2.88. The first-order chi connectivity index (χ1) is 8.83. The Kier molecular flexibility index (Phi) is 3.11. The van der Waals surface area contributed by atoms with Crippen LogP contribution in [0.2, 0.25) is 0 Å². The van der Waals surface area contributed by atoms with E-state index < -0.39 is 0 Å². The Labute approximate surface area is 106 Å². The second-order valence-corrected chi connectivity index (χ2v) is 4.76. The monoisotopic (exact) mass is 243 g/mol. The fraction of sp³-hybridized carbons (Fsp3) is 0.429. The van der Waals surface area contributed by atoms with Gasteiger partial charge in [0.1, 0.15) is 0 Å². The molecular weight excluding hydrogens is 226 g/mol. The maximum Gasteiger partial charge on any atom is 0.240 e. The van der Waals surface area contributed by atoms with Gasteiger partial charge in [-0.15, -0.1) is 0 Å². The van der Waals surface area contributed by atoms with Gasteiger partial charge >= 0.3 is 0 Å². The van der Waals surface area contributed by atoms with Gasteiger partial charge in [-0.25, -0.2) is 0 Å². The van der Waals surface area contributed by atoms with Crippen molar-refractivity contribution in [2.75, 3.05) is 0 Å². The van der Waals surface area contributed by atoms with Crippen molar-refractivity contribution >= 4 is 0 Å². The van der Waals surface area contributed by atoms with E-state index in [1.807, 2.05) is 6.92 Å². The fourth-order valence-electron chi connectivity index (χ4n) is 2.59. The quantitative estimate of drug-likeness (QED) is 0.900. The van der Waals surface area contributed by atoms with Crippen molar-refractivity contribution in [3.05, 3.63) is 47.1 Å². The molecule has 4 heteroatoms. The molecule has 1 heterocycles. The number of hydrogen-bond acceptors (Lipinski definition) is 4. The van der Waals surface area contributed by atoms with Crippen LogP contribution in [0.5, 0.6) is 0 Å². The van der Waals surface area contributed by atoms with Gasteiger partial charge in [0.05, 0.1) is 6.54 Å². The van der Waals surface area contributed by atoms with Crippen LogP contribution in [0.1, 0.15) is 41.7 Å². The van der Waals surface area contributed by atoms with Gasteiger partial charge < -0.3 is 9.84 Å².